The molecule has 0 fully saturated rings. The molecule has 0 N–H and O–H groups in total. The van der Waals surface area contributed by atoms with Crippen molar-refractivity contribution in [1.29, 1.82) is 0 Å². The fourth-order valence-electron chi connectivity index (χ4n) is 1.44. The number of hydrogen-bond donors (Lipinski definition) is 0. The van der Waals surface area contributed by atoms with Crippen LogP contribution in [0.15, 0.2) is 24.3 Å². The van der Waals surface area contributed by atoms with Gasteiger partial charge < -0.3 is 0 Å². The fourth-order valence-corrected chi connectivity index (χ4v) is 1.44. The van der Waals surface area contributed by atoms with Gasteiger partial charge in [-0.05, 0) is 18.4 Å². The van der Waals surface area contributed by atoms with E-state index in [0.29, 0.717) is 0 Å². The molecule has 0 nitrogen and oxygen atoms in total. The molecule has 0 heterocycles. The second-order valence-corrected chi connectivity index (χ2v) is 4.03. The summed E-state index contributed by atoms with van der Waals surface area (Å²) in [6.07, 6.45) is -4.12. The lowest BCUT2D eigenvalue weighted by molar-refractivity contribution is -0.174. The van der Waals surface area contributed by atoms with Crippen LogP contribution in [0.2, 0.25) is 0 Å². The van der Waals surface area contributed by atoms with E-state index in [0.717, 1.165) is 11.1 Å². The van der Waals surface area contributed by atoms with Gasteiger partial charge in [-0.15, -0.1) is 0 Å². The molecule has 0 aliphatic rings. The highest BCUT2D eigenvalue weighted by molar-refractivity contribution is 5.24. The number of benzene rings is 1. The standard InChI is InChI=1S/C12H15F3/c1-8-4-6-11(7-5-8)9(2)10(3)12(13,14)15/h4-7,9-10H,1-3H3/t9-,10+/m0/s1. The van der Waals surface area contributed by atoms with Crippen molar-refractivity contribution in [1.82, 2.24) is 0 Å². The molecule has 0 spiro atoms. The lowest BCUT2D eigenvalue weighted by Crippen LogP contribution is -2.24. The van der Waals surface area contributed by atoms with Gasteiger partial charge in [0.05, 0.1) is 5.92 Å². The van der Waals surface area contributed by atoms with E-state index < -0.39 is 18.0 Å². The van der Waals surface area contributed by atoms with Crippen LogP contribution in [0.1, 0.15) is 30.9 Å². The topological polar surface area (TPSA) is 0 Å². The van der Waals surface area contributed by atoms with Gasteiger partial charge in [0.2, 0.25) is 0 Å². The van der Waals surface area contributed by atoms with E-state index >= 15 is 0 Å². The third-order valence-electron chi connectivity index (χ3n) is 2.87. The highest BCUT2D eigenvalue weighted by Crippen LogP contribution is 2.36. The zero-order chi connectivity index (χ0) is 11.6. The molecule has 0 amide bonds. The third-order valence-corrected chi connectivity index (χ3v) is 2.87. The monoisotopic (exact) mass is 216 g/mol. The maximum atomic E-state index is 12.5. The normalized spacial score (nSPS) is 16.1. The molecule has 1 rings (SSSR count). The van der Waals surface area contributed by atoms with E-state index in [4.69, 9.17) is 0 Å². The Morgan fingerprint density at radius 1 is 1.00 bits per heavy atom. The predicted octanol–water partition coefficient (Wildman–Crippen LogP) is 4.30. The van der Waals surface area contributed by atoms with E-state index in [1.54, 1.807) is 19.1 Å². The highest BCUT2D eigenvalue weighted by atomic mass is 19.4. The molecule has 0 aliphatic heterocycles. The average Bonchev–Trinajstić information content (AvgIpc) is 2.15. The lowest BCUT2D eigenvalue weighted by Gasteiger charge is -2.23. The van der Waals surface area contributed by atoms with Gasteiger partial charge in [0.15, 0.2) is 0 Å². The summed E-state index contributed by atoms with van der Waals surface area (Å²) in [6, 6.07) is 7.22. The van der Waals surface area contributed by atoms with Gasteiger partial charge in [0, 0.05) is 0 Å². The minimum absolute atomic E-state index is 0.495. The summed E-state index contributed by atoms with van der Waals surface area (Å²) in [5.74, 6) is -1.80. The number of hydrogen-bond acceptors (Lipinski definition) is 0. The van der Waals surface area contributed by atoms with Gasteiger partial charge in [-0.1, -0.05) is 43.7 Å². The van der Waals surface area contributed by atoms with E-state index in [1.165, 1.54) is 6.92 Å². The molecule has 0 aliphatic carbocycles. The first-order valence-electron chi connectivity index (χ1n) is 4.95. The zero-order valence-electron chi connectivity index (χ0n) is 9.10. The largest absolute Gasteiger partial charge is 0.392 e. The van der Waals surface area contributed by atoms with Crippen molar-refractivity contribution in [2.45, 2.75) is 32.9 Å². The summed E-state index contributed by atoms with van der Waals surface area (Å²) in [7, 11) is 0. The van der Waals surface area contributed by atoms with Crippen molar-refractivity contribution in [2.24, 2.45) is 5.92 Å². The molecule has 0 aromatic heterocycles. The molecule has 2 atom stereocenters. The van der Waals surface area contributed by atoms with Gasteiger partial charge >= 0.3 is 6.18 Å². The molecular formula is C12H15F3. The first-order valence-corrected chi connectivity index (χ1v) is 4.95. The first-order chi connectivity index (χ1) is 6.82. The summed E-state index contributed by atoms with van der Waals surface area (Å²) in [5, 5.41) is 0. The number of alkyl halides is 3. The molecule has 0 unspecified atom stereocenters. The molecule has 15 heavy (non-hydrogen) atoms. The molecule has 1 aromatic carbocycles. The van der Waals surface area contributed by atoms with Crippen LogP contribution in [0.3, 0.4) is 0 Å². The summed E-state index contributed by atoms with van der Waals surface area (Å²) in [4.78, 5) is 0. The Morgan fingerprint density at radius 3 is 1.87 bits per heavy atom. The lowest BCUT2D eigenvalue weighted by atomic mass is 9.88. The minimum Gasteiger partial charge on any atom is -0.171 e. The van der Waals surface area contributed by atoms with Crippen LogP contribution in [0, 0.1) is 12.8 Å². The van der Waals surface area contributed by atoms with Crippen LogP contribution < -0.4 is 0 Å². The molecule has 0 bridgehead atoms. The van der Waals surface area contributed by atoms with Gasteiger partial charge in [-0.2, -0.15) is 13.2 Å². The Balaban J connectivity index is 2.85. The Kier molecular flexibility index (Phi) is 3.42. The molecule has 3 heteroatoms. The predicted molar refractivity (Wildman–Crippen MR) is 54.8 cm³/mol. The maximum Gasteiger partial charge on any atom is 0.392 e. The summed E-state index contributed by atoms with van der Waals surface area (Å²) < 4.78 is 37.4. The second kappa shape index (κ2) is 4.25. The molecule has 0 saturated heterocycles. The average molecular weight is 216 g/mol. The molecule has 84 valence electrons. The van der Waals surface area contributed by atoms with Gasteiger partial charge in [-0.3, -0.25) is 0 Å². The van der Waals surface area contributed by atoms with Crippen molar-refractivity contribution in [2.75, 3.05) is 0 Å². The van der Waals surface area contributed by atoms with E-state index in [9.17, 15) is 13.2 Å². The summed E-state index contributed by atoms with van der Waals surface area (Å²) in [5.41, 5.74) is 1.80. The van der Waals surface area contributed by atoms with Crippen molar-refractivity contribution in [3.05, 3.63) is 35.4 Å². The molecule has 0 radical (unpaired) electrons. The van der Waals surface area contributed by atoms with Crippen molar-refractivity contribution >= 4 is 0 Å². The van der Waals surface area contributed by atoms with Crippen molar-refractivity contribution < 1.29 is 13.2 Å². The van der Waals surface area contributed by atoms with Crippen LogP contribution in [-0.4, -0.2) is 6.18 Å². The maximum absolute atomic E-state index is 12.5. The Hall–Kier alpha value is -0.990. The third kappa shape index (κ3) is 2.98. The van der Waals surface area contributed by atoms with Crippen molar-refractivity contribution in [3.8, 4) is 0 Å². The number of halogens is 3. The fraction of sp³-hybridized carbons (Fsp3) is 0.500. The Morgan fingerprint density at radius 2 is 1.47 bits per heavy atom. The van der Waals surface area contributed by atoms with Gasteiger partial charge in [0.25, 0.3) is 0 Å². The number of aryl methyl sites for hydroxylation is 1. The van der Waals surface area contributed by atoms with E-state index in [1.807, 2.05) is 19.1 Å². The van der Waals surface area contributed by atoms with Crippen LogP contribution in [0.25, 0.3) is 0 Å². The highest BCUT2D eigenvalue weighted by Gasteiger charge is 2.39. The van der Waals surface area contributed by atoms with Crippen LogP contribution in [-0.2, 0) is 0 Å². The van der Waals surface area contributed by atoms with E-state index in [-0.39, 0.29) is 0 Å². The van der Waals surface area contributed by atoms with Crippen LogP contribution in [0.4, 0.5) is 13.2 Å². The van der Waals surface area contributed by atoms with Crippen LogP contribution >= 0.6 is 0 Å². The quantitative estimate of drug-likeness (QED) is 0.691. The van der Waals surface area contributed by atoms with E-state index in [2.05, 4.69) is 0 Å². The SMILES string of the molecule is Cc1ccc([C@@H](C)[C@@H](C)C(F)(F)F)cc1. The first kappa shape index (κ1) is 12.1. The summed E-state index contributed by atoms with van der Waals surface area (Å²) in [6.45, 7) is 4.76. The smallest absolute Gasteiger partial charge is 0.171 e. The molecule has 0 saturated carbocycles. The zero-order valence-corrected chi connectivity index (χ0v) is 9.10. The molecular weight excluding hydrogens is 201 g/mol. The Labute approximate surface area is 88.1 Å². The van der Waals surface area contributed by atoms with Crippen LogP contribution in [0.5, 0.6) is 0 Å². The second-order valence-electron chi connectivity index (χ2n) is 4.03. The van der Waals surface area contributed by atoms with Crippen molar-refractivity contribution in [3.63, 3.8) is 0 Å². The molecule has 1 aromatic rings. The van der Waals surface area contributed by atoms with Gasteiger partial charge in [-0.25, -0.2) is 0 Å². The minimum atomic E-state index is -4.12. The Bertz CT molecular complexity index is 311. The summed E-state index contributed by atoms with van der Waals surface area (Å²) >= 11 is 0. The van der Waals surface area contributed by atoms with Gasteiger partial charge in [0.1, 0.15) is 0 Å². The number of rotatable bonds is 2.